The van der Waals surface area contributed by atoms with Crippen LogP contribution in [0, 0.1) is 5.82 Å². The van der Waals surface area contributed by atoms with E-state index in [1.807, 2.05) is 6.07 Å². The van der Waals surface area contributed by atoms with Gasteiger partial charge in [0.05, 0.1) is 0 Å². The van der Waals surface area contributed by atoms with Gasteiger partial charge < -0.3 is 15.2 Å². The summed E-state index contributed by atoms with van der Waals surface area (Å²) in [5.74, 6) is -0.734. The van der Waals surface area contributed by atoms with E-state index in [0.29, 0.717) is 34.4 Å². The fourth-order valence-corrected chi connectivity index (χ4v) is 3.09. The molecule has 2 amide bonds. The lowest BCUT2D eigenvalue weighted by Crippen LogP contribution is -2.34. The standard InChI is InChI=1S/C19H16FN3O2/c1-23-7-6-11-2-4-14(10-15(11)19(23)25)21-18(24)17-9-12-8-13(20)3-5-16(12)22-17/h2-5,8-10,22H,6-7H2,1H3,(H,21,24). The molecule has 0 bridgehead atoms. The van der Waals surface area contributed by atoms with E-state index in [4.69, 9.17) is 0 Å². The average molecular weight is 337 g/mol. The number of H-pyrrole nitrogens is 1. The Labute approximate surface area is 143 Å². The zero-order valence-electron chi connectivity index (χ0n) is 13.6. The molecular formula is C19H16FN3O2. The van der Waals surface area contributed by atoms with Gasteiger partial charge in [0, 0.05) is 35.7 Å². The molecule has 0 spiro atoms. The third-order valence-electron chi connectivity index (χ3n) is 4.49. The van der Waals surface area contributed by atoms with E-state index in [-0.39, 0.29) is 17.6 Å². The second-order valence-electron chi connectivity index (χ2n) is 6.22. The molecule has 0 fully saturated rings. The van der Waals surface area contributed by atoms with E-state index in [1.54, 1.807) is 36.2 Å². The number of hydrogen-bond donors (Lipinski definition) is 2. The topological polar surface area (TPSA) is 65.2 Å². The van der Waals surface area contributed by atoms with E-state index >= 15 is 0 Å². The van der Waals surface area contributed by atoms with Gasteiger partial charge in [-0.15, -0.1) is 0 Å². The van der Waals surface area contributed by atoms with Gasteiger partial charge in [-0.25, -0.2) is 4.39 Å². The maximum Gasteiger partial charge on any atom is 0.272 e. The van der Waals surface area contributed by atoms with Gasteiger partial charge in [0.2, 0.25) is 0 Å². The Bertz CT molecular complexity index is 1010. The molecule has 0 unspecified atom stereocenters. The number of hydrogen-bond acceptors (Lipinski definition) is 2. The predicted molar refractivity (Wildman–Crippen MR) is 93.3 cm³/mol. The summed E-state index contributed by atoms with van der Waals surface area (Å²) in [6.45, 7) is 0.698. The molecule has 0 aliphatic carbocycles. The summed E-state index contributed by atoms with van der Waals surface area (Å²) in [7, 11) is 1.76. The lowest BCUT2D eigenvalue weighted by Gasteiger charge is -2.25. The highest BCUT2D eigenvalue weighted by Gasteiger charge is 2.22. The van der Waals surface area contributed by atoms with Crippen LogP contribution in [0.4, 0.5) is 10.1 Å². The van der Waals surface area contributed by atoms with Gasteiger partial charge in [0.25, 0.3) is 11.8 Å². The molecule has 2 aromatic carbocycles. The quantitative estimate of drug-likeness (QED) is 0.754. The molecule has 6 heteroatoms. The largest absolute Gasteiger partial charge is 0.351 e. The number of rotatable bonds is 2. The third kappa shape index (κ3) is 2.76. The Morgan fingerprint density at radius 2 is 2.04 bits per heavy atom. The smallest absolute Gasteiger partial charge is 0.272 e. The summed E-state index contributed by atoms with van der Waals surface area (Å²) in [6.07, 6.45) is 0.805. The molecule has 1 aliphatic rings. The van der Waals surface area contributed by atoms with Crippen LogP contribution in [0.5, 0.6) is 0 Å². The van der Waals surface area contributed by atoms with E-state index in [0.717, 1.165) is 12.0 Å². The first-order valence-electron chi connectivity index (χ1n) is 7.99. The highest BCUT2D eigenvalue weighted by Crippen LogP contribution is 2.23. The second kappa shape index (κ2) is 5.73. The first-order valence-corrected chi connectivity index (χ1v) is 7.99. The highest BCUT2D eigenvalue weighted by molar-refractivity contribution is 6.06. The number of carbonyl (C=O) groups excluding carboxylic acids is 2. The molecule has 0 saturated carbocycles. The van der Waals surface area contributed by atoms with Crippen molar-refractivity contribution in [2.75, 3.05) is 18.9 Å². The number of fused-ring (bicyclic) bond motifs is 2. The minimum Gasteiger partial charge on any atom is -0.351 e. The van der Waals surface area contributed by atoms with Crippen LogP contribution in [0.25, 0.3) is 10.9 Å². The number of nitrogens with zero attached hydrogens (tertiary/aromatic N) is 1. The summed E-state index contributed by atoms with van der Waals surface area (Å²) < 4.78 is 13.3. The molecule has 5 nitrogen and oxygen atoms in total. The highest BCUT2D eigenvalue weighted by atomic mass is 19.1. The Hall–Kier alpha value is -3.15. The Morgan fingerprint density at radius 3 is 2.88 bits per heavy atom. The monoisotopic (exact) mass is 337 g/mol. The van der Waals surface area contributed by atoms with Gasteiger partial charge in [-0.2, -0.15) is 0 Å². The van der Waals surface area contributed by atoms with Crippen molar-refractivity contribution in [3.63, 3.8) is 0 Å². The summed E-state index contributed by atoms with van der Waals surface area (Å²) in [5, 5.41) is 3.42. The van der Waals surface area contributed by atoms with Crippen molar-refractivity contribution in [3.8, 4) is 0 Å². The maximum absolute atomic E-state index is 13.3. The van der Waals surface area contributed by atoms with Gasteiger partial charge >= 0.3 is 0 Å². The van der Waals surface area contributed by atoms with Gasteiger partial charge in [0.15, 0.2) is 0 Å². The van der Waals surface area contributed by atoms with E-state index in [1.165, 1.54) is 12.1 Å². The molecule has 1 aliphatic heterocycles. The summed E-state index contributed by atoms with van der Waals surface area (Å²) >= 11 is 0. The van der Waals surface area contributed by atoms with Crippen LogP contribution in [-0.2, 0) is 6.42 Å². The SMILES string of the molecule is CN1CCc2ccc(NC(=O)c3cc4cc(F)ccc4[nH]3)cc2C1=O. The Kier molecular flexibility index (Phi) is 3.53. The number of anilines is 1. The summed E-state index contributed by atoms with van der Waals surface area (Å²) in [5.41, 5.74) is 3.18. The Morgan fingerprint density at radius 1 is 1.20 bits per heavy atom. The molecule has 2 heterocycles. The molecule has 4 rings (SSSR count). The molecule has 1 aromatic heterocycles. The molecule has 0 radical (unpaired) electrons. The maximum atomic E-state index is 13.3. The minimum atomic E-state index is -0.351. The van der Waals surface area contributed by atoms with Crippen LogP contribution in [0.1, 0.15) is 26.4 Å². The molecule has 0 saturated heterocycles. The van der Waals surface area contributed by atoms with Crippen LogP contribution >= 0.6 is 0 Å². The van der Waals surface area contributed by atoms with E-state index in [2.05, 4.69) is 10.3 Å². The number of aromatic amines is 1. The Balaban J connectivity index is 1.61. The van der Waals surface area contributed by atoms with Gasteiger partial charge in [0.1, 0.15) is 11.5 Å². The zero-order chi connectivity index (χ0) is 17.6. The first kappa shape index (κ1) is 15.4. The molecular weight excluding hydrogens is 321 g/mol. The first-order chi connectivity index (χ1) is 12.0. The minimum absolute atomic E-state index is 0.0431. The lowest BCUT2D eigenvalue weighted by atomic mass is 9.98. The van der Waals surface area contributed by atoms with Crippen molar-refractivity contribution in [1.82, 2.24) is 9.88 Å². The van der Waals surface area contributed by atoms with E-state index in [9.17, 15) is 14.0 Å². The average Bonchev–Trinajstić information content (AvgIpc) is 3.02. The van der Waals surface area contributed by atoms with Crippen molar-refractivity contribution in [2.45, 2.75) is 6.42 Å². The third-order valence-corrected chi connectivity index (χ3v) is 4.49. The van der Waals surface area contributed by atoms with Crippen LogP contribution in [-0.4, -0.2) is 35.3 Å². The van der Waals surface area contributed by atoms with Crippen LogP contribution in [0.3, 0.4) is 0 Å². The number of nitrogens with one attached hydrogen (secondary N) is 2. The van der Waals surface area contributed by atoms with Gasteiger partial charge in [-0.3, -0.25) is 9.59 Å². The van der Waals surface area contributed by atoms with Crippen molar-refractivity contribution in [2.24, 2.45) is 0 Å². The molecule has 126 valence electrons. The zero-order valence-corrected chi connectivity index (χ0v) is 13.6. The predicted octanol–water partition coefficient (Wildman–Crippen LogP) is 3.19. The van der Waals surface area contributed by atoms with Crippen LogP contribution < -0.4 is 5.32 Å². The second-order valence-corrected chi connectivity index (χ2v) is 6.22. The fourth-order valence-electron chi connectivity index (χ4n) is 3.09. The molecule has 0 atom stereocenters. The van der Waals surface area contributed by atoms with E-state index < -0.39 is 0 Å². The van der Waals surface area contributed by atoms with Crippen LogP contribution in [0.15, 0.2) is 42.5 Å². The number of amides is 2. The molecule has 2 N–H and O–H groups in total. The van der Waals surface area contributed by atoms with Crippen LogP contribution in [0.2, 0.25) is 0 Å². The lowest BCUT2D eigenvalue weighted by molar-refractivity contribution is 0.0780. The number of aromatic nitrogens is 1. The van der Waals surface area contributed by atoms with Crippen molar-refractivity contribution >= 4 is 28.4 Å². The normalized spacial score (nSPS) is 13.8. The van der Waals surface area contributed by atoms with Gasteiger partial charge in [-0.05, 0) is 48.4 Å². The number of carbonyl (C=O) groups is 2. The van der Waals surface area contributed by atoms with Crippen molar-refractivity contribution in [3.05, 3.63) is 65.1 Å². The summed E-state index contributed by atoms with van der Waals surface area (Å²) in [4.78, 5) is 29.3. The van der Waals surface area contributed by atoms with Crippen molar-refractivity contribution < 1.29 is 14.0 Å². The number of benzene rings is 2. The van der Waals surface area contributed by atoms with Crippen molar-refractivity contribution in [1.29, 1.82) is 0 Å². The summed E-state index contributed by atoms with van der Waals surface area (Å²) in [6, 6.07) is 11.3. The van der Waals surface area contributed by atoms with Gasteiger partial charge in [-0.1, -0.05) is 6.07 Å². The molecule has 3 aromatic rings. The molecule has 25 heavy (non-hydrogen) atoms. The fraction of sp³-hybridized carbons (Fsp3) is 0.158. The number of likely N-dealkylation sites (N-methyl/N-ethyl adjacent to an activating group) is 1. The number of halogens is 1.